The first-order valence-corrected chi connectivity index (χ1v) is 15.4. The summed E-state index contributed by atoms with van der Waals surface area (Å²) in [5.41, 5.74) is 13.4. The molecule has 1 unspecified atom stereocenters. The Morgan fingerprint density at radius 3 is 2.27 bits per heavy atom. The third-order valence-corrected chi connectivity index (χ3v) is 9.08. The van der Waals surface area contributed by atoms with E-state index in [-0.39, 0.29) is 35.7 Å². The van der Waals surface area contributed by atoms with Gasteiger partial charge in [-0.1, -0.05) is 91.0 Å². The van der Waals surface area contributed by atoms with Crippen molar-refractivity contribution in [3.63, 3.8) is 0 Å². The van der Waals surface area contributed by atoms with Crippen LogP contribution in [-0.4, -0.2) is 60.4 Å². The van der Waals surface area contributed by atoms with Gasteiger partial charge in [0.05, 0.1) is 0 Å². The molecule has 0 radical (unpaired) electrons. The van der Waals surface area contributed by atoms with Gasteiger partial charge in [0.1, 0.15) is 5.54 Å². The minimum absolute atomic E-state index is 0.0430. The van der Waals surface area contributed by atoms with E-state index in [2.05, 4.69) is 39.9 Å². The summed E-state index contributed by atoms with van der Waals surface area (Å²) in [5, 5.41) is 8.97. The zero-order valence-corrected chi connectivity index (χ0v) is 24.9. The molecule has 2 aliphatic rings. The number of nitrogens with two attached hydrogens (primary N) is 2. The highest BCUT2D eigenvalue weighted by Crippen LogP contribution is 2.49. The third-order valence-electron chi connectivity index (χ3n) is 9.08. The fourth-order valence-electron chi connectivity index (χ4n) is 6.63. The molecule has 44 heavy (non-hydrogen) atoms. The second-order valence-electron chi connectivity index (χ2n) is 12.0. The molecule has 8 nitrogen and oxygen atoms in total. The van der Waals surface area contributed by atoms with Crippen molar-refractivity contribution in [1.29, 1.82) is 0 Å². The van der Waals surface area contributed by atoms with E-state index in [0.717, 1.165) is 23.6 Å². The maximum atomic E-state index is 14.4. The van der Waals surface area contributed by atoms with E-state index in [0.29, 0.717) is 38.2 Å². The van der Waals surface area contributed by atoms with Crippen LogP contribution in [0, 0.1) is 5.92 Å². The van der Waals surface area contributed by atoms with E-state index in [1.165, 1.54) is 11.1 Å². The standard InChI is InChI=1S/C36H40N6O2/c37-35(38)39-19-17-30-22-36(30)34(44)42(24-32(26-10-3-1-4-11-26)27-12-5-2-6-13-27)20-18-31(41-36)23-40-33(43)29-16-15-25-9-7-8-14-28(25)21-29/h1-16,21,30-32,41H,17-20,22-24H2,(H,40,43)(H4,37,38,39)/t30?,31-,36+/m0/s1. The number of nitrogens with one attached hydrogen (secondary N) is 2. The van der Waals surface area contributed by atoms with E-state index in [4.69, 9.17) is 11.5 Å². The van der Waals surface area contributed by atoms with E-state index in [9.17, 15) is 9.59 Å². The highest BCUT2D eigenvalue weighted by molar-refractivity contribution is 5.98. The molecule has 226 valence electrons. The Bertz CT molecular complexity index is 1600. The molecule has 1 saturated heterocycles. The van der Waals surface area contributed by atoms with Crippen LogP contribution in [0.4, 0.5) is 0 Å². The fourth-order valence-corrected chi connectivity index (χ4v) is 6.63. The number of amides is 2. The smallest absolute Gasteiger partial charge is 0.251 e. The van der Waals surface area contributed by atoms with Crippen LogP contribution >= 0.6 is 0 Å². The summed E-state index contributed by atoms with van der Waals surface area (Å²) in [7, 11) is 0. The van der Waals surface area contributed by atoms with Crippen LogP contribution < -0.4 is 22.1 Å². The van der Waals surface area contributed by atoms with Gasteiger partial charge in [0.15, 0.2) is 5.96 Å². The van der Waals surface area contributed by atoms with Crippen molar-refractivity contribution in [3.05, 3.63) is 120 Å². The van der Waals surface area contributed by atoms with Crippen LogP contribution in [0.3, 0.4) is 0 Å². The largest absolute Gasteiger partial charge is 0.370 e. The lowest BCUT2D eigenvalue weighted by Crippen LogP contribution is -2.52. The lowest BCUT2D eigenvalue weighted by Gasteiger charge is -2.30. The average Bonchev–Trinajstić information content (AvgIpc) is 3.78. The van der Waals surface area contributed by atoms with Crippen molar-refractivity contribution >= 4 is 28.5 Å². The zero-order chi connectivity index (χ0) is 30.5. The number of aliphatic imine (C=N–C) groups is 1. The highest BCUT2D eigenvalue weighted by atomic mass is 16.2. The van der Waals surface area contributed by atoms with E-state index in [1.54, 1.807) is 0 Å². The van der Waals surface area contributed by atoms with Gasteiger partial charge in [-0.2, -0.15) is 0 Å². The van der Waals surface area contributed by atoms with Gasteiger partial charge in [-0.25, -0.2) is 0 Å². The Kier molecular flexibility index (Phi) is 8.61. The molecule has 2 fully saturated rings. The SMILES string of the molecule is NC(N)=NCCC1C[C@@]12N[C@H](CNC(=O)c1ccc3ccccc3c1)CCN(CC(c1ccccc1)c1ccccc1)C2=O. The number of rotatable bonds is 10. The van der Waals surface area contributed by atoms with Crippen LogP contribution in [0.15, 0.2) is 108 Å². The molecule has 8 heteroatoms. The normalized spacial score (nSPS) is 21.3. The van der Waals surface area contributed by atoms with E-state index in [1.807, 2.05) is 83.8 Å². The van der Waals surface area contributed by atoms with Crippen molar-refractivity contribution in [2.45, 2.75) is 36.8 Å². The molecule has 4 aromatic rings. The minimum Gasteiger partial charge on any atom is -0.370 e. The second-order valence-corrected chi connectivity index (χ2v) is 12.0. The molecule has 1 heterocycles. The lowest BCUT2D eigenvalue weighted by molar-refractivity contribution is -0.134. The first-order valence-electron chi connectivity index (χ1n) is 15.4. The summed E-state index contributed by atoms with van der Waals surface area (Å²) < 4.78 is 0. The predicted molar refractivity (Wildman–Crippen MR) is 175 cm³/mol. The Morgan fingerprint density at radius 1 is 0.932 bits per heavy atom. The summed E-state index contributed by atoms with van der Waals surface area (Å²) in [6, 6.07) is 34.5. The van der Waals surface area contributed by atoms with Crippen molar-refractivity contribution < 1.29 is 9.59 Å². The van der Waals surface area contributed by atoms with Gasteiger partial charge in [-0.15, -0.1) is 0 Å². The minimum atomic E-state index is -0.689. The van der Waals surface area contributed by atoms with Gasteiger partial charge in [-0.3, -0.25) is 19.9 Å². The number of hydrogen-bond acceptors (Lipinski definition) is 4. The number of nitrogens with zero attached hydrogens (tertiary/aromatic N) is 2. The molecule has 1 saturated carbocycles. The highest BCUT2D eigenvalue weighted by Gasteiger charge is 2.62. The molecule has 2 amide bonds. The number of carbonyl (C=O) groups is 2. The van der Waals surface area contributed by atoms with Gasteiger partial charge >= 0.3 is 0 Å². The first-order chi connectivity index (χ1) is 21.4. The Hall–Kier alpha value is -4.69. The van der Waals surface area contributed by atoms with Crippen molar-refractivity contribution in [2.75, 3.05) is 26.2 Å². The van der Waals surface area contributed by atoms with Gasteiger partial charge in [0, 0.05) is 43.7 Å². The maximum Gasteiger partial charge on any atom is 0.251 e. The number of benzene rings is 4. The maximum absolute atomic E-state index is 14.4. The van der Waals surface area contributed by atoms with Gasteiger partial charge in [-0.05, 0) is 59.2 Å². The number of fused-ring (bicyclic) bond motifs is 1. The zero-order valence-electron chi connectivity index (χ0n) is 24.9. The Balaban J connectivity index is 1.21. The van der Waals surface area contributed by atoms with Crippen LogP contribution in [0.1, 0.15) is 46.7 Å². The van der Waals surface area contributed by atoms with Crippen molar-refractivity contribution in [1.82, 2.24) is 15.5 Å². The lowest BCUT2D eigenvalue weighted by atomic mass is 9.90. The summed E-state index contributed by atoms with van der Waals surface area (Å²) >= 11 is 0. The molecule has 1 spiro atoms. The molecule has 3 atom stereocenters. The van der Waals surface area contributed by atoms with Crippen LogP contribution in [0.5, 0.6) is 0 Å². The van der Waals surface area contributed by atoms with E-state index >= 15 is 0 Å². The quantitative estimate of drug-likeness (QED) is 0.165. The van der Waals surface area contributed by atoms with Gasteiger partial charge in [0.25, 0.3) is 5.91 Å². The van der Waals surface area contributed by atoms with Crippen molar-refractivity contribution in [2.24, 2.45) is 22.4 Å². The number of carbonyl (C=O) groups excluding carboxylic acids is 2. The predicted octanol–water partition coefficient (Wildman–Crippen LogP) is 4.01. The van der Waals surface area contributed by atoms with E-state index < -0.39 is 5.54 Å². The summed E-state index contributed by atoms with van der Waals surface area (Å²) in [5.74, 6) is 0.217. The average molecular weight is 589 g/mol. The monoisotopic (exact) mass is 588 g/mol. The first kappa shape index (κ1) is 29.4. The molecule has 4 aromatic carbocycles. The summed E-state index contributed by atoms with van der Waals surface area (Å²) in [6.45, 7) is 2.08. The summed E-state index contributed by atoms with van der Waals surface area (Å²) in [4.78, 5) is 33.8. The molecule has 1 aliphatic carbocycles. The number of guanidine groups is 1. The molecular weight excluding hydrogens is 548 g/mol. The third kappa shape index (κ3) is 6.45. The summed E-state index contributed by atoms with van der Waals surface area (Å²) in [6.07, 6.45) is 2.16. The molecule has 0 aromatic heterocycles. The van der Waals surface area contributed by atoms with Gasteiger partial charge in [0.2, 0.25) is 5.91 Å². The van der Waals surface area contributed by atoms with Crippen LogP contribution in [0.25, 0.3) is 10.8 Å². The molecular formula is C36H40N6O2. The van der Waals surface area contributed by atoms with Crippen LogP contribution in [0.2, 0.25) is 0 Å². The van der Waals surface area contributed by atoms with Crippen molar-refractivity contribution in [3.8, 4) is 0 Å². The topological polar surface area (TPSA) is 126 Å². The fraction of sp³-hybridized carbons (Fsp3) is 0.306. The molecule has 0 bridgehead atoms. The number of hydrogen-bond donors (Lipinski definition) is 4. The van der Waals surface area contributed by atoms with Gasteiger partial charge < -0.3 is 21.7 Å². The second kappa shape index (κ2) is 12.9. The molecule has 6 rings (SSSR count). The molecule has 6 N–H and O–H groups in total. The Morgan fingerprint density at radius 2 is 1.59 bits per heavy atom. The van der Waals surface area contributed by atoms with Crippen LogP contribution in [-0.2, 0) is 4.79 Å². The Labute approximate surface area is 258 Å². The molecule has 1 aliphatic heterocycles.